The van der Waals surface area contributed by atoms with Gasteiger partial charge in [-0.1, -0.05) is 13.0 Å². The molecule has 1 saturated heterocycles. The van der Waals surface area contributed by atoms with Gasteiger partial charge in [-0.05, 0) is 24.7 Å². The maximum absolute atomic E-state index is 12.6. The van der Waals surface area contributed by atoms with Crippen molar-refractivity contribution in [2.45, 2.75) is 6.92 Å². The number of piperazine rings is 1. The highest BCUT2D eigenvalue weighted by Crippen LogP contribution is 2.11. The summed E-state index contributed by atoms with van der Waals surface area (Å²) in [5, 5.41) is 2.76. The summed E-state index contributed by atoms with van der Waals surface area (Å²) in [4.78, 5) is 28.8. The van der Waals surface area contributed by atoms with Crippen molar-refractivity contribution in [3.05, 3.63) is 35.4 Å². The van der Waals surface area contributed by atoms with Gasteiger partial charge in [-0.15, -0.1) is 0 Å². The second-order valence-electron chi connectivity index (χ2n) is 5.56. The van der Waals surface area contributed by atoms with E-state index in [4.69, 9.17) is 4.74 Å². The van der Waals surface area contributed by atoms with Gasteiger partial charge >= 0.3 is 0 Å². The lowest BCUT2D eigenvalue weighted by molar-refractivity contribution is 0.0643. The van der Waals surface area contributed by atoms with Gasteiger partial charge in [-0.25, -0.2) is 0 Å². The summed E-state index contributed by atoms with van der Waals surface area (Å²) >= 11 is 0. The fourth-order valence-electron chi connectivity index (χ4n) is 2.61. The van der Waals surface area contributed by atoms with E-state index in [0.717, 1.165) is 32.7 Å². The summed E-state index contributed by atoms with van der Waals surface area (Å²) in [6.07, 6.45) is 0. The molecule has 0 atom stereocenters. The molecule has 2 amide bonds. The quantitative estimate of drug-likeness (QED) is 0.790. The van der Waals surface area contributed by atoms with E-state index in [0.29, 0.717) is 24.3 Å². The molecule has 1 aromatic carbocycles. The smallest absolute Gasteiger partial charge is 0.253 e. The predicted octanol–water partition coefficient (Wildman–Crippen LogP) is 0.841. The normalized spacial score (nSPS) is 15.5. The zero-order valence-electron chi connectivity index (χ0n) is 13.9. The maximum Gasteiger partial charge on any atom is 0.253 e. The van der Waals surface area contributed by atoms with Crippen LogP contribution in [0.4, 0.5) is 0 Å². The van der Waals surface area contributed by atoms with Crippen molar-refractivity contribution >= 4 is 11.8 Å². The molecule has 0 aromatic heterocycles. The number of carbonyl (C=O) groups is 2. The number of rotatable bonds is 6. The van der Waals surface area contributed by atoms with Gasteiger partial charge in [-0.2, -0.15) is 0 Å². The molecule has 0 bridgehead atoms. The van der Waals surface area contributed by atoms with Crippen LogP contribution >= 0.6 is 0 Å². The number of methoxy groups -OCH3 is 1. The fourth-order valence-corrected chi connectivity index (χ4v) is 2.61. The van der Waals surface area contributed by atoms with E-state index in [1.165, 1.54) is 0 Å². The summed E-state index contributed by atoms with van der Waals surface area (Å²) < 4.78 is 4.91. The SMILES string of the molecule is CCN1CCN(C(=O)c2cccc(C(=O)NCCOC)c2)CC1. The molecular formula is C17H25N3O3. The Morgan fingerprint density at radius 3 is 2.52 bits per heavy atom. The zero-order chi connectivity index (χ0) is 16.7. The van der Waals surface area contributed by atoms with Crippen LogP contribution < -0.4 is 5.32 Å². The van der Waals surface area contributed by atoms with Gasteiger partial charge in [0, 0.05) is 51.0 Å². The Labute approximate surface area is 137 Å². The van der Waals surface area contributed by atoms with Gasteiger partial charge in [0.2, 0.25) is 0 Å². The monoisotopic (exact) mass is 319 g/mol. The van der Waals surface area contributed by atoms with Crippen LogP contribution in [0.25, 0.3) is 0 Å². The lowest BCUT2D eigenvalue weighted by atomic mass is 10.1. The van der Waals surface area contributed by atoms with Crippen LogP contribution in [0, 0.1) is 0 Å². The molecule has 0 unspecified atom stereocenters. The third kappa shape index (κ3) is 4.77. The van der Waals surface area contributed by atoms with Crippen LogP contribution in [0.5, 0.6) is 0 Å². The minimum Gasteiger partial charge on any atom is -0.383 e. The van der Waals surface area contributed by atoms with Crippen molar-refractivity contribution in [3.63, 3.8) is 0 Å². The Morgan fingerprint density at radius 1 is 1.17 bits per heavy atom. The van der Waals surface area contributed by atoms with E-state index < -0.39 is 0 Å². The molecule has 0 aliphatic carbocycles. The highest BCUT2D eigenvalue weighted by molar-refractivity contribution is 5.99. The fraction of sp³-hybridized carbons (Fsp3) is 0.529. The number of nitrogens with zero attached hydrogens (tertiary/aromatic N) is 2. The van der Waals surface area contributed by atoms with E-state index in [1.807, 2.05) is 4.90 Å². The van der Waals surface area contributed by atoms with Crippen LogP contribution in [0.1, 0.15) is 27.6 Å². The van der Waals surface area contributed by atoms with Crippen LogP contribution in [-0.4, -0.2) is 74.6 Å². The average molecular weight is 319 g/mol. The highest BCUT2D eigenvalue weighted by Gasteiger charge is 2.21. The van der Waals surface area contributed by atoms with Crippen molar-refractivity contribution in [2.75, 3.05) is 53.0 Å². The number of carbonyl (C=O) groups excluding carboxylic acids is 2. The molecule has 1 heterocycles. The van der Waals surface area contributed by atoms with E-state index in [-0.39, 0.29) is 11.8 Å². The lowest BCUT2D eigenvalue weighted by Crippen LogP contribution is -2.48. The predicted molar refractivity (Wildman–Crippen MR) is 88.7 cm³/mol. The number of likely N-dealkylation sites (N-methyl/N-ethyl adjacent to an activating group) is 1. The molecule has 6 heteroatoms. The largest absolute Gasteiger partial charge is 0.383 e. The Bertz CT molecular complexity index is 540. The van der Waals surface area contributed by atoms with E-state index in [2.05, 4.69) is 17.1 Å². The summed E-state index contributed by atoms with van der Waals surface area (Å²) in [6, 6.07) is 6.89. The third-order valence-electron chi connectivity index (χ3n) is 4.07. The van der Waals surface area contributed by atoms with Gasteiger partial charge in [-0.3, -0.25) is 9.59 Å². The summed E-state index contributed by atoms with van der Waals surface area (Å²) in [5.41, 5.74) is 1.06. The Hall–Kier alpha value is -1.92. The van der Waals surface area contributed by atoms with Crippen LogP contribution in [0.3, 0.4) is 0 Å². The highest BCUT2D eigenvalue weighted by atomic mass is 16.5. The summed E-state index contributed by atoms with van der Waals surface area (Å²) in [5.74, 6) is -0.195. The van der Waals surface area contributed by atoms with E-state index in [1.54, 1.807) is 31.4 Å². The minimum absolute atomic E-state index is 0.00713. The Morgan fingerprint density at radius 2 is 1.87 bits per heavy atom. The number of benzene rings is 1. The van der Waals surface area contributed by atoms with Crippen molar-refractivity contribution < 1.29 is 14.3 Å². The van der Waals surface area contributed by atoms with E-state index >= 15 is 0 Å². The number of amides is 2. The van der Waals surface area contributed by atoms with Gasteiger partial charge in [0.1, 0.15) is 0 Å². The first-order valence-corrected chi connectivity index (χ1v) is 8.04. The topological polar surface area (TPSA) is 61.9 Å². The van der Waals surface area contributed by atoms with Crippen LogP contribution in [-0.2, 0) is 4.74 Å². The molecule has 0 spiro atoms. The molecule has 1 aromatic rings. The van der Waals surface area contributed by atoms with Crippen molar-refractivity contribution in [2.24, 2.45) is 0 Å². The molecule has 23 heavy (non-hydrogen) atoms. The molecule has 2 rings (SSSR count). The van der Waals surface area contributed by atoms with E-state index in [9.17, 15) is 9.59 Å². The average Bonchev–Trinajstić information content (AvgIpc) is 2.61. The van der Waals surface area contributed by atoms with Gasteiger partial charge in [0.05, 0.1) is 6.61 Å². The maximum atomic E-state index is 12.6. The molecule has 6 nitrogen and oxygen atoms in total. The second-order valence-corrected chi connectivity index (χ2v) is 5.56. The lowest BCUT2D eigenvalue weighted by Gasteiger charge is -2.34. The molecule has 1 N–H and O–H groups in total. The summed E-state index contributed by atoms with van der Waals surface area (Å²) in [6.45, 7) is 7.33. The number of hydrogen-bond acceptors (Lipinski definition) is 4. The molecule has 0 radical (unpaired) electrons. The number of nitrogens with one attached hydrogen (secondary N) is 1. The first-order chi connectivity index (χ1) is 11.2. The first-order valence-electron chi connectivity index (χ1n) is 8.04. The standard InChI is InChI=1S/C17H25N3O3/c1-3-19-8-10-20(11-9-19)17(22)15-6-4-5-14(13-15)16(21)18-7-12-23-2/h4-6,13H,3,7-12H2,1-2H3,(H,18,21). The number of hydrogen-bond donors (Lipinski definition) is 1. The van der Waals surface area contributed by atoms with Gasteiger partial charge < -0.3 is 19.9 Å². The first kappa shape index (κ1) is 17.4. The third-order valence-corrected chi connectivity index (χ3v) is 4.07. The number of ether oxygens (including phenoxy) is 1. The van der Waals surface area contributed by atoms with Gasteiger partial charge in [0.25, 0.3) is 11.8 Å². The Kier molecular flexibility index (Phi) is 6.55. The molecule has 1 aliphatic rings. The van der Waals surface area contributed by atoms with Gasteiger partial charge in [0.15, 0.2) is 0 Å². The molecule has 1 aliphatic heterocycles. The molecule has 1 fully saturated rings. The van der Waals surface area contributed by atoms with Crippen molar-refractivity contribution in [1.82, 2.24) is 15.1 Å². The second kappa shape index (κ2) is 8.64. The molecule has 126 valence electrons. The van der Waals surface area contributed by atoms with Crippen LogP contribution in [0.2, 0.25) is 0 Å². The summed E-state index contributed by atoms with van der Waals surface area (Å²) in [7, 11) is 1.59. The zero-order valence-corrected chi connectivity index (χ0v) is 13.9. The Balaban J connectivity index is 1.98. The minimum atomic E-state index is -0.187. The van der Waals surface area contributed by atoms with Crippen molar-refractivity contribution in [1.29, 1.82) is 0 Å². The molecule has 0 saturated carbocycles. The van der Waals surface area contributed by atoms with Crippen molar-refractivity contribution in [3.8, 4) is 0 Å². The molecular weight excluding hydrogens is 294 g/mol. The van der Waals surface area contributed by atoms with Crippen LogP contribution in [0.15, 0.2) is 24.3 Å².